The van der Waals surface area contributed by atoms with Crippen LogP contribution >= 0.6 is 23.2 Å². The summed E-state index contributed by atoms with van der Waals surface area (Å²) in [5, 5.41) is 13.9. The van der Waals surface area contributed by atoms with Crippen molar-refractivity contribution < 1.29 is 9.84 Å². The molecule has 0 fully saturated rings. The highest BCUT2D eigenvalue weighted by atomic mass is 35.5. The van der Waals surface area contributed by atoms with Gasteiger partial charge in [-0.2, -0.15) is 0 Å². The van der Waals surface area contributed by atoms with Crippen LogP contribution in [0.25, 0.3) is 0 Å². The van der Waals surface area contributed by atoms with Crippen LogP contribution in [-0.4, -0.2) is 31.0 Å². The van der Waals surface area contributed by atoms with E-state index in [1.165, 1.54) is 0 Å². The van der Waals surface area contributed by atoms with Crippen molar-refractivity contribution in [1.29, 1.82) is 0 Å². The van der Waals surface area contributed by atoms with Gasteiger partial charge in [-0.25, -0.2) is 0 Å². The molecule has 0 spiro atoms. The summed E-state index contributed by atoms with van der Waals surface area (Å²) in [6.07, 6.45) is 1.56. The van der Waals surface area contributed by atoms with Gasteiger partial charge in [0.1, 0.15) is 0 Å². The number of hydrogen-bond acceptors (Lipinski definition) is 3. The van der Waals surface area contributed by atoms with Crippen molar-refractivity contribution in [2.24, 2.45) is 0 Å². The van der Waals surface area contributed by atoms with E-state index in [0.717, 1.165) is 18.5 Å². The second-order valence-corrected chi connectivity index (χ2v) is 4.93. The summed E-state index contributed by atoms with van der Waals surface area (Å²) in [6.45, 7) is 3.52. The van der Waals surface area contributed by atoms with Crippen LogP contribution in [0.3, 0.4) is 0 Å². The second-order valence-electron chi connectivity index (χ2n) is 4.09. The topological polar surface area (TPSA) is 41.5 Å². The Bertz CT molecular complexity index is 361. The van der Waals surface area contributed by atoms with Crippen LogP contribution < -0.4 is 5.32 Å². The van der Waals surface area contributed by atoms with Crippen molar-refractivity contribution in [1.82, 2.24) is 0 Å². The molecule has 1 aromatic carbocycles. The van der Waals surface area contributed by atoms with E-state index in [0.29, 0.717) is 29.8 Å². The Labute approximate surface area is 118 Å². The van der Waals surface area contributed by atoms with Crippen molar-refractivity contribution in [2.45, 2.75) is 25.9 Å². The molecule has 1 unspecified atom stereocenters. The monoisotopic (exact) mass is 291 g/mol. The van der Waals surface area contributed by atoms with Crippen molar-refractivity contribution in [2.75, 3.05) is 25.1 Å². The lowest BCUT2D eigenvalue weighted by molar-refractivity contribution is 0.0422. The molecule has 0 aliphatic rings. The maximum atomic E-state index is 9.70. The summed E-state index contributed by atoms with van der Waals surface area (Å²) in [4.78, 5) is 0. The minimum atomic E-state index is -0.548. The molecule has 1 aromatic rings. The fourth-order valence-electron chi connectivity index (χ4n) is 1.39. The summed E-state index contributed by atoms with van der Waals surface area (Å²) in [5.74, 6) is 0. The van der Waals surface area contributed by atoms with E-state index >= 15 is 0 Å². The number of aliphatic hydroxyl groups is 1. The first kappa shape index (κ1) is 15.6. The molecule has 0 aliphatic carbocycles. The van der Waals surface area contributed by atoms with Crippen LogP contribution in [0.5, 0.6) is 0 Å². The Morgan fingerprint density at radius 2 is 2.17 bits per heavy atom. The summed E-state index contributed by atoms with van der Waals surface area (Å²) in [7, 11) is 0. The van der Waals surface area contributed by atoms with Gasteiger partial charge in [0.15, 0.2) is 0 Å². The predicted octanol–water partition coefficient (Wildman–Crippen LogP) is 3.58. The van der Waals surface area contributed by atoms with Crippen molar-refractivity contribution in [3.63, 3.8) is 0 Å². The first-order valence-electron chi connectivity index (χ1n) is 6.08. The highest BCUT2D eigenvalue weighted by Crippen LogP contribution is 2.25. The molecule has 102 valence electrons. The van der Waals surface area contributed by atoms with Gasteiger partial charge in [0.05, 0.1) is 23.4 Å². The molecule has 1 rings (SSSR count). The minimum Gasteiger partial charge on any atom is -0.389 e. The Balaban J connectivity index is 2.27. The van der Waals surface area contributed by atoms with Gasteiger partial charge in [-0.15, -0.1) is 0 Å². The van der Waals surface area contributed by atoms with Crippen LogP contribution in [0.2, 0.25) is 10.0 Å². The summed E-state index contributed by atoms with van der Waals surface area (Å²) >= 11 is 11.8. The van der Waals surface area contributed by atoms with E-state index in [-0.39, 0.29) is 0 Å². The zero-order chi connectivity index (χ0) is 13.4. The van der Waals surface area contributed by atoms with Crippen LogP contribution in [-0.2, 0) is 4.74 Å². The van der Waals surface area contributed by atoms with Crippen LogP contribution in [0.15, 0.2) is 18.2 Å². The highest BCUT2D eigenvalue weighted by molar-refractivity contribution is 6.36. The van der Waals surface area contributed by atoms with Gasteiger partial charge in [0.2, 0.25) is 0 Å². The van der Waals surface area contributed by atoms with E-state index < -0.39 is 6.10 Å². The average Bonchev–Trinajstić information content (AvgIpc) is 2.33. The molecule has 0 heterocycles. The van der Waals surface area contributed by atoms with Crippen molar-refractivity contribution in [3.05, 3.63) is 28.2 Å². The summed E-state index contributed by atoms with van der Waals surface area (Å²) in [5.41, 5.74) is 0.758. The van der Waals surface area contributed by atoms with Crippen LogP contribution in [0.4, 0.5) is 5.69 Å². The Kier molecular flexibility index (Phi) is 7.44. The first-order chi connectivity index (χ1) is 8.63. The number of ether oxygens (including phenoxy) is 1. The summed E-state index contributed by atoms with van der Waals surface area (Å²) in [6, 6.07) is 5.20. The van der Waals surface area contributed by atoms with Gasteiger partial charge in [0.25, 0.3) is 0 Å². The molecule has 0 aromatic heterocycles. The maximum absolute atomic E-state index is 9.70. The van der Waals surface area contributed by atoms with Gasteiger partial charge in [-0.3, -0.25) is 0 Å². The molecule has 0 radical (unpaired) electrons. The zero-order valence-corrected chi connectivity index (χ0v) is 12.0. The van der Waals surface area contributed by atoms with Crippen molar-refractivity contribution >= 4 is 28.9 Å². The summed E-state index contributed by atoms with van der Waals surface area (Å²) < 4.78 is 5.33. The quantitative estimate of drug-likeness (QED) is 0.720. The van der Waals surface area contributed by atoms with E-state index in [4.69, 9.17) is 27.9 Å². The van der Waals surface area contributed by atoms with Crippen molar-refractivity contribution in [3.8, 4) is 0 Å². The molecule has 3 nitrogen and oxygen atoms in total. The molecule has 1 atom stereocenters. The van der Waals surface area contributed by atoms with E-state index in [2.05, 4.69) is 12.2 Å². The Morgan fingerprint density at radius 1 is 1.39 bits per heavy atom. The van der Waals surface area contributed by atoms with Gasteiger partial charge in [-0.1, -0.05) is 36.5 Å². The third-order valence-electron chi connectivity index (χ3n) is 2.41. The SMILES string of the molecule is CCCCOCC(O)CNc1ccc(Cl)cc1Cl. The number of halogens is 2. The average molecular weight is 292 g/mol. The molecule has 5 heteroatoms. The maximum Gasteiger partial charge on any atom is 0.0945 e. The molecular weight excluding hydrogens is 273 g/mol. The zero-order valence-electron chi connectivity index (χ0n) is 10.5. The number of rotatable bonds is 8. The Morgan fingerprint density at radius 3 is 2.83 bits per heavy atom. The second kappa shape index (κ2) is 8.59. The fourth-order valence-corrected chi connectivity index (χ4v) is 1.86. The smallest absolute Gasteiger partial charge is 0.0945 e. The normalized spacial score (nSPS) is 12.4. The molecular formula is C13H19Cl2NO2. The molecule has 0 amide bonds. The third-order valence-corrected chi connectivity index (χ3v) is 2.96. The van der Waals surface area contributed by atoms with Crippen LogP contribution in [0, 0.1) is 0 Å². The number of hydrogen-bond donors (Lipinski definition) is 2. The number of anilines is 1. The lowest BCUT2D eigenvalue weighted by Crippen LogP contribution is -2.25. The molecule has 0 bridgehead atoms. The van der Waals surface area contributed by atoms with E-state index in [1.807, 2.05) is 0 Å². The third kappa shape index (κ3) is 5.91. The standard InChI is InChI=1S/C13H19Cl2NO2/c1-2-3-6-18-9-11(17)8-16-13-5-4-10(14)7-12(13)15/h4-5,7,11,16-17H,2-3,6,8-9H2,1H3. The van der Waals surface area contributed by atoms with Gasteiger partial charge < -0.3 is 15.2 Å². The molecule has 2 N–H and O–H groups in total. The lowest BCUT2D eigenvalue weighted by atomic mass is 10.3. The van der Waals surface area contributed by atoms with Crippen LogP contribution in [0.1, 0.15) is 19.8 Å². The predicted molar refractivity (Wildman–Crippen MR) is 76.7 cm³/mol. The number of unbranched alkanes of at least 4 members (excludes halogenated alkanes) is 1. The largest absolute Gasteiger partial charge is 0.389 e. The molecule has 0 aliphatic heterocycles. The van der Waals surface area contributed by atoms with E-state index in [9.17, 15) is 5.11 Å². The van der Waals surface area contributed by atoms with Gasteiger partial charge in [-0.05, 0) is 24.6 Å². The molecule has 18 heavy (non-hydrogen) atoms. The highest BCUT2D eigenvalue weighted by Gasteiger charge is 2.06. The molecule has 0 saturated carbocycles. The lowest BCUT2D eigenvalue weighted by Gasteiger charge is -2.14. The first-order valence-corrected chi connectivity index (χ1v) is 6.83. The minimum absolute atomic E-state index is 0.332. The fraction of sp³-hybridized carbons (Fsp3) is 0.538. The van der Waals surface area contributed by atoms with Gasteiger partial charge >= 0.3 is 0 Å². The van der Waals surface area contributed by atoms with Gasteiger partial charge in [0, 0.05) is 18.2 Å². The number of aliphatic hydroxyl groups excluding tert-OH is 1. The molecule has 0 saturated heterocycles. The Hall–Kier alpha value is -0.480. The number of nitrogens with one attached hydrogen (secondary N) is 1. The van der Waals surface area contributed by atoms with E-state index in [1.54, 1.807) is 18.2 Å². The number of benzene rings is 1.